The van der Waals surface area contributed by atoms with Crippen LogP contribution in [0.25, 0.3) is 0 Å². The molecule has 1 aliphatic heterocycles. The number of carbonyl (C=O) groups is 1. The van der Waals surface area contributed by atoms with Crippen LogP contribution < -0.4 is 11.1 Å². The number of amides is 1. The van der Waals surface area contributed by atoms with Gasteiger partial charge in [-0.3, -0.25) is 4.79 Å². The number of anilines is 1. The summed E-state index contributed by atoms with van der Waals surface area (Å²) in [5, 5.41) is 6.90. The van der Waals surface area contributed by atoms with Crippen LogP contribution in [0.4, 0.5) is 5.69 Å². The number of nitrogens with one attached hydrogen (secondary N) is 1. The number of hydrogen-bond acceptors (Lipinski definition) is 3. The predicted molar refractivity (Wildman–Crippen MR) is 69.1 cm³/mol. The van der Waals surface area contributed by atoms with Crippen LogP contribution in [0.2, 0.25) is 0 Å². The molecule has 0 bridgehead atoms. The molecule has 2 heterocycles. The van der Waals surface area contributed by atoms with E-state index in [1.54, 1.807) is 11.3 Å². The topological polar surface area (TPSA) is 55.1 Å². The molecule has 0 saturated heterocycles. The van der Waals surface area contributed by atoms with Crippen molar-refractivity contribution in [2.24, 2.45) is 5.73 Å². The maximum Gasteiger partial charge on any atom is 0.228 e. The van der Waals surface area contributed by atoms with E-state index in [1.807, 2.05) is 29.6 Å². The lowest BCUT2D eigenvalue weighted by Gasteiger charge is -2.11. The Kier molecular flexibility index (Phi) is 2.46. The highest BCUT2D eigenvalue weighted by Crippen LogP contribution is 2.28. The molecule has 0 aliphatic carbocycles. The Morgan fingerprint density at radius 3 is 2.94 bits per heavy atom. The molecule has 17 heavy (non-hydrogen) atoms. The first-order valence-corrected chi connectivity index (χ1v) is 6.38. The Hall–Kier alpha value is -1.65. The maximum absolute atomic E-state index is 11.3. The van der Waals surface area contributed by atoms with Crippen LogP contribution in [-0.2, 0) is 11.2 Å². The van der Waals surface area contributed by atoms with Crippen molar-refractivity contribution in [2.75, 3.05) is 5.32 Å². The molecule has 0 radical (unpaired) electrons. The van der Waals surface area contributed by atoms with E-state index in [4.69, 9.17) is 5.73 Å². The van der Waals surface area contributed by atoms with Crippen molar-refractivity contribution in [3.8, 4) is 0 Å². The Balaban J connectivity index is 1.95. The third kappa shape index (κ3) is 1.85. The van der Waals surface area contributed by atoms with Crippen molar-refractivity contribution in [1.29, 1.82) is 0 Å². The molecule has 2 aromatic rings. The summed E-state index contributed by atoms with van der Waals surface area (Å²) in [6.45, 7) is 0. The summed E-state index contributed by atoms with van der Waals surface area (Å²) in [6, 6.07) is 7.86. The number of benzene rings is 1. The van der Waals surface area contributed by atoms with E-state index < -0.39 is 0 Å². The molecule has 1 amide bonds. The molecule has 1 unspecified atom stereocenters. The number of thiophene rings is 1. The molecule has 3 nitrogen and oxygen atoms in total. The number of hydrogen-bond donors (Lipinski definition) is 2. The van der Waals surface area contributed by atoms with Gasteiger partial charge >= 0.3 is 0 Å². The summed E-state index contributed by atoms with van der Waals surface area (Å²) in [6.07, 6.45) is 0.458. The van der Waals surface area contributed by atoms with E-state index in [0.717, 1.165) is 22.4 Å². The largest absolute Gasteiger partial charge is 0.326 e. The van der Waals surface area contributed by atoms with Gasteiger partial charge in [0.1, 0.15) is 0 Å². The molecule has 1 aromatic heterocycles. The maximum atomic E-state index is 11.3. The van der Waals surface area contributed by atoms with Gasteiger partial charge in [-0.1, -0.05) is 12.1 Å². The Morgan fingerprint density at radius 1 is 1.29 bits per heavy atom. The fourth-order valence-electron chi connectivity index (χ4n) is 2.09. The average molecular weight is 244 g/mol. The first-order valence-electron chi connectivity index (χ1n) is 5.44. The summed E-state index contributed by atoms with van der Waals surface area (Å²) in [5.41, 5.74) is 10.3. The fourth-order valence-corrected chi connectivity index (χ4v) is 2.78. The zero-order valence-corrected chi connectivity index (χ0v) is 9.96. The van der Waals surface area contributed by atoms with E-state index in [0.29, 0.717) is 6.42 Å². The van der Waals surface area contributed by atoms with Gasteiger partial charge in [0.05, 0.1) is 12.5 Å². The minimum absolute atomic E-state index is 0.0567. The van der Waals surface area contributed by atoms with Crippen molar-refractivity contribution in [1.82, 2.24) is 0 Å². The number of nitrogens with two attached hydrogens (primary N) is 1. The quantitative estimate of drug-likeness (QED) is 0.851. The van der Waals surface area contributed by atoms with Crippen LogP contribution >= 0.6 is 11.3 Å². The molecule has 4 heteroatoms. The second kappa shape index (κ2) is 3.98. The molecule has 1 atom stereocenters. The van der Waals surface area contributed by atoms with Gasteiger partial charge in [-0.15, -0.1) is 0 Å². The van der Waals surface area contributed by atoms with Gasteiger partial charge in [0.15, 0.2) is 0 Å². The Labute approximate surface area is 103 Å². The standard InChI is InChI=1S/C13H12N2OS/c14-13(9-3-4-17-7-9)8-1-2-11-10(5-8)6-12(16)15-11/h1-5,7,13H,6,14H2,(H,15,16). The van der Waals surface area contributed by atoms with Gasteiger partial charge in [0.2, 0.25) is 5.91 Å². The zero-order valence-electron chi connectivity index (χ0n) is 9.14. The Bertz CT molecular complexity index is 563. The van der Waals surface area contributed by atoms with Crippen LogP contribution in [0, 0.1) is 0 Å². The molecule has 3 rings (SSSR count). The highest BCUT2D eigenvalue weighted by atomic mass is 32.1. The molecule has 1 aromatic carbocycles. The molecular weight excluding hydrogens is 232 g/mol. The number of carbonyl (C=O) groups excluding carboxylic acids is 1. The highest BCUT2D eigenvalue weighted by Gasteiger charge is 2.19. The van der Waals surface area contributed by atoms with Gasteiger partial charge < -0.3 is 11.1 Å². The van der Waals surface area contributed by atoms with Gasteiger partial charge in [0.25, 0.3) is 0 Å². The molecular formula is C13H12N2OS. The normalized spacial score (nSPS) is 15.5. The van der Waals surface area contributed by atoms with Crippen LogP contribution in [0.15, 0.2) is 35.0 Å². The first-order chi connectivity index (χ1) is 8.24. The summed E-state index contributed by atoms with van der Waals surface area (Å²) in [4.78, 5) is 11.3. The van der Waals surface area contributed by atoms with Crippen molar-refractivity contribution >= 4 is 22.9 Å². The molecule has 0 fully saturated rings. The smallest absolute Gasteiger partial charge is 0.228 e. The van der Waals surface area contributed by atoms with Crippen molar-refractivity contribution in [3.05, 3.63) is 51.7 Å². The summed E-state index contributed by atoms with van der Waals surface area (Å²) in [5.74, 6) is 0.0567. The van der Waals surface area contributed by atoms with Gasteiger partial charge in [-0.2, -0.15) is 11.3 Å². The SMILES string of the molecule is NC(c1ccsc1)c1ccc2c(c1)CC(=O)N2. The Morgan fingerprint density at radius 2 is 2.18 bits per heavy atom. The molecule has 1 aliphatic rings. The van der Waals surface area contributed by atoms with Crippen molar-refractivity contribution in [3.63, 3.8) is 0 Å². The number of rotatable bonds is 2. The lowest BCUT2D eigenvalue weighted by molar-refractivity contribution is -0.115. The van der Waals surface area contributed by atoms with E-state index in [2.05, 4.69) is 10.7 Å². The lowest BCUT2D eigenvalue weighted by Crippen LogP contribution is -2.10. The summed E-state index contributed by atoms with van der Waals surface area (Å²) in [7, 11) is 0. The minimum atomic E-state index is -0.109. The summed E-state index contributed by atoms with van der Waals surface area (Å²) < 4.78 is 0. The van der Waals surface area contributed by atoms with Gasteiger partial charge in [-0.25, -0.2) is 0 Å². The number of fused-ring (bicyclic) bond motifs is 1. The second-order valence-corrected chi connectivity index (χ2v) is 4.96. The van der Waals surface area contributed by atoms with E-state index in [9.17, 15) is 4.79 Å². The molecule has 0 spiro atoms. The molecule has 3 N–H and O–H groups in total. The van der Waals surface area contributed by atoms with Crippen molar-refractivity contribution in [2.45, 2.75) is 12.5 Å². The fraction of sp³-hybridized carbons (Fsp3) is 0.154. The van der Waals surface area contributed by atoms with E-state index in [1.165, 1.54) is 0 Å². The zero-order chi connectivity index (χ0) is 11.8. The van der Waals surface area contributed by atoms with Crippen molar-refractivity contribution < 1.29 is 4.79 Å². The van der Waals surface area contributed by atoms with E-state index >= 15 is 0 Å². The van der Waals surface area contributed by atoms with Crippen LogP contribution in [-0.4, -0.2) is 5.91 Å². The van der Waals surface area contributed by atoms with E-state index in [-0.39, 0.29) is 11.9 Å². The van der Waals surface area contributed by atoms with Gasteiger partial charge in [-0.05, 0) is 39.6 Å². The van der Waals surface area contributed by atoms with Crippen LogP contribution in [0.3, 0.4) is 0 Å². The minimum Gasteiger partial charge on any atom is -0.326 e. The predicted octanol–water partition coefficient (Wildman–Crippen LogP) is 2.29. The average Bonchev–Trinajstić information content (AvgIpc) is 2.94. The second-order valence-electron chi connectivity index (χ2n) is 4.18. The third-order valence-electron chi connectivity index (χ3n) is 3.02. The highest BCUT2D eigenvalue weighted by molar-refractivity contribution is 7.08. The van der Waals surface area contributed by atoms with Crippen LogP contribution in [0.5, 0.6) is 0 Å². The molecule has 0 saturated carbocycles. The lowest BCUT2D eigenvalue weighted by atomic mass is 9.99. The van der Waals surface area contributed by atoms with Crippen LogP contribution in [0.1, 0.15) is 22.7 Å². The third-order valence-corrected chi connectivity index (χ3v) is 3.72. The van der Waals surface area contributed by atoms with Gasteiger partial charge in [0, 0.05) is 5.69 Å². The monoisotopic (exact) mass is 244 g/mol. The first kappa shape index (κ1) is 10.5. The summed E-state index contributed by atoms with van der Waals surface area (Å²) >= 11 is 1.64. The molecule has 86 valence electrons.